The number of rotatable bonds is 11. The van der Waals surface area contributed by atoms with Crippen LogP contribution in [0.5, 0.6) is 0 Å². The SMILES string of the molecule is CCN1CCN(c2ccc3ncc(C(C=NC4CC(CCCNc5ccc6c(c5)C(=O)N(C5CCC(=O)NC5=O)C6=O)C4)=CN)nc3c2)CC1. The third-order valence-electron chi connectivity index (χ3n) is 10.4. The number of allylic oxidation sites excluding steroid dienone is 1. The number of aromatic nitrogens is 2. The molecular formula is C37H43N9O4. The molecular weight excluding hydrogens is 634 g/mol. The lowest BCUT2D eigenvalue weighted by atomic mass is 9.78. The van der Waals surface area contributed by atoms with E-state index in [-0.39, 0.29) is 30.0 Å². The first-order chi connectivity index (χ1) is 24.3. The lowest BCUT2D eigenvalue weighted by Crippen LogP contribution is -2.54. The van der Waals surface area contributed by atoms with Crippen LogP contribution in [0, 0.1) is 5.92 Å². The van der Waals surface area contributed by atoms with Crippen molar-refractivity contribution in [2.45, 2.75) is 57.5 Å². The minimum absolute atomic E-state index is 0.0927. The van der Waals surface area contributed by atoms with E-state index in [9.17, 15) is 19.2 Å². The molecule has 4 heterocycles. The van der Waals surface area contributed by atoms with E-state index < -0.39 is 29.7 Å². The van der Waals surface area contributed by atoms with Gasteiger partial charge in [0.25, 0.3) is 11.8 Å². The molecule has 50 heavy (non-hydrogen) atoms. The Kier molecular flexibility index (Phi) is 9.57. The molecule has 1 saturated carbocycles. The van der Waals surface area contributed by atoms with Crippen molar-refractivity contribution >= 4 is 57.8 Å². The van der Waals surface area contributed by atoms with Crippen molar-refractivity contribution in [3.63, 3.8) is 0 Å². The van der Waals surface area contributed by atoms with Crippen LogP contribution in [0.4, 0.5) is 11.4 Å². The summed E-state index contributed by atoms with van der Waals surface area (Å²) in [5.74, 6) is -1.42. The molecule has 0 spiro atoms. The fourth-order valence-electron chi connectivity index (χ4n) is 7.30. The maximum absolute atomic E-state index is 13.1. The predicted octanol–water partition coefficient (Wildman–Crippen LogP) is 3.21. The first-order valence-corrected chi connectivity index (χ1v) is 17.6. The number of nitrogens with one attached hydrogen (secondary N) is 2. The van der Waals surface area contributed by atoms with E-state index in [1.807, 2.05) is 12.3 Å². The molecule has 3 aliphatic heterocycles. The van der Waals surface area contributed by atoms with Gasteiger partial charge >= 0.3 is 0 Å². The smallest absolute Gasteiger partial charge is 0.262 e. The Morgan fingerprint density at radius 2 is 1.82 bits per heavy atom. The molecule has 4 aliphatic rings. The molecule has 4 amide bonds. The van der Waals surface area contributed by atoms with Gasteiger partial charge in [0, 0.05) is 68.5 Å². The van der Waals surface area contributed by atoms with E-state index >= 15 is 0 Å². The number of amides is 4. The van der Waals surface area contributed by atoms with E-state index in [0.29, 0.717) is 11.6 Å². The summed E-state index contributed by atoms with van der Waals surface area (Å²) in [6.45, 7) is 8.14. The summed E-state index contributed by atoms with van der Waals surface area (Å²) in [7, 11) is 0. The van der Waals surface area contributed by atoms with Gasteiger partial charge in [-0.05, 0) is 81.0 Å². The Hall–Kier alpha value is -5.17. The van der Waals surface area contributed by atoms with Crippen LogP contribution in [-0.2, 0) is 9.59 Å². The molecule has 260 valence electrons. The van der Waals surface area contributed by atoms with E-state index in [4.69, 9.17) is 15.7 Å². The molecule has 1 atom stereocenters. The molecule has 7 rings (SSSR count). The van der Waals surface area contributed by atoms with Crippen LogP contribution in [-0.4, -0.2) is 101 Å². The van der Waals surface area contributed by atoms with Crippen LogP contribution < -0.4 is 21.3 Å². The van der Waals surface area contributed by atoms with Gasteiger partial charge in [0.2, 0.25) is 11.8 Å². The van der Waals surface area contributed by atoms with Crippen molar-refractivity contribution in [2.75, 3.05) is 49.5 Å². The number of likely N-dealkylation sites (N-methyl/N-ethyl adjacent to an activating group) is 1. The molecule has 0 radical (unpaired) electrons. The molecule has 13 nitrogen and oxygen atoms in total. The van der Waals surface area contributed by atoms with Gasteiger partial charge < -0.3 is 20.9 Å². The zero-order valence-corrected chi connectivity index (χ0v) is 28.3. The number of hydrogen-bond donors (Lipinski definition) is 3. The van der Waals surface area contributed by atoms with E-state index in [0.717, 1.165) is 92.1 Å². The lowest BCUT2D eigenvalue weighted by Gasteiger charge is -2.35. The molecule has 1 unspecified atom stereocenters. The number of hydrogen-bond acceptors (Lipinski definition) is 11. The third-order valence-corrected chi connectivity index (χ3v) is 10.4. The fourth-order valence-corrected chi connectivity index (χ4v) is 7.30. The Morgan fingerprint density at radius 1 is 1.02 bits per heavy atom. The number of piperidine rings is 1. The standard InChI is InChI=1S/C37H43N9O4/c1-2-44-12-14-45(15-13-44)27-6-8-30-31(19-27)42-32(22-41-30)24(20-38)21-40-26-16-23(17-26)4-3-11-39-25-5-7-28-29(18-25)37(50)46(36(28)49)33-9-10-34(47)43-35(33)48/h5-8,18-23,26,33,39H,2-4,9-17,38H2,1H3,(H,43,47,48). The highest BCUT2D eigenvalue weighted by Crippen LogP contribution is 2.34. The van der Waals surface area contributed by atoms with Crippen LogP contribution in [0.3, 0.4) is 0 Å². The number of imide groups is 2. The zero-order valence-electron chi connectivity index (χ0n) is 28.3. The highest BCUT2D eigenvalue weighted by molar-refractivity contribution is 6.23. The minimum atomic E-state index is -0.969. The molecule has 2 aromatic carbocycles. The zero-order chi connectivity index (χ0) is 34.8. The second-order valence-electron chi connectivity index (χ2n) is 13.5. The van der Waals surface area contributed by atoms with Crippen molar-refractivity contribution < 1.29 is 19.2 Å². The number of nitrogens with two attached hydrogens (primary N) is 1. The maximum Gasteiger partial charge on any atom is 0.262 e. The van der Waals surface area contributed by atoms with E-state index in [1.165, 1.54) is 5.69 Å². The monoisotopic (exact) mass is 677 g/mol. The van der Waals surface area contributed by atoms with Gasteiger partial charge in [-0.25, -0.2) is 4.98 Å². The molecule has 4 N–H and O–H groups in total. The van der Waals surface area contributed by atoms with Gasteiger partial charge in [0.1, 0.15) is 6.04 Å². The van der Waals surface area contributed by atoms with Crippen molar-refractivity contribution in [1.82, 2.24) is 25.1 Å². The summed E-state index contributed by atoms with van der Waals surface area (Å²) in [5.41, 5.74) is 11.6. The van der Waals surface area contributed by atoms with Gasteiger partial charge in [-0.1, -0.05) is 6.92 Å². The first-order valence-electron chi connectivity index (χ1n) is 17.6. The number of nitrogens with zero attached hydrogens (tertiary/aromatic N) is 6. The summed E-state index contributed by atoms with van der Waals surface area (Å²) >= 11 is 0. The van der Waals surface area contributed by atoms with E-state index in [2.05, 4.69) is 44.5 Å². The Bertz CT molecular complexity index is 1880. The van der Waals surface area contributed by atoms with Crippen molar-refractivity contribution in [1.29, 1.82) is 0 Å². The van der Waals surface area contributed by atoms with Crippen LogP contribution in [0.1, 0.15) is 71.9 Å². The minimum Gasteiger partial charge on any atom is -0.404 e. The van der Waals surface area contributed by atoms with Gasteiger partial charge in [0.15, 0.2) is 0 Å². The number of piperazine rings is 1. The van der Waals surface area contributed by atoms with Gasteiger partial charge in [0.05, 0.1) is 40.1 Å². The second kappa shape index (κ2) is 14.4. The molecule has 3 fully saturated rings. The quantitative estimate of drug-likeness (QED) is 0.156. The molecule has 1 aromatic heterocycles. The largest absolute Gasteiger partial charge is 0.404 e. The summed E-state index contributed by atoms with van der Waals surface area (Å²) in [4.78, 5) is 70.1. The Labute approximate surface area is 291 Å². The number of benzene rings is 2. The number of fused-ring (bicyclic) bond motifs is 2. The number of aliphatic imine (C=N–C) groups is 1. The number of carbonyl (C=O) groups is 4. The predicted molar refractivity (Wildman–Crippen MR) is 192 cm³/mol. The van der Waals surface area contributed by atoms with Gasteiger partial charge in [-0.15, -0.1) is 0 Å². The first kappa shape index (κ1) is 33.3. The lowest BCUT2D eigenvalue weighted by molar-refractivity contribution is -0.136. The molecule has 13 heteroatoms. The average Bonchev–Trinajstić information content (AvgIpc) is 3.36. The normalized spacial score (nSPS) is 23.1. The second-order valence-corrected chi connectivity index (χ2v) is 13.5. The van der Waals surface area contributed by atoms with Gasteiger partial charge in [-0.2, -0.15) is 0 Å². The summed E-state index contributed by atoms with van der Waals surface area (Å²) < 4.78 is 0. The Balaban J connectivity index is 0.868. The fraction of sp³-hybridized carbons (Fsp3) is 0.432. The summed E-state index contributed by atoms with van der Waals surface area (Å²) in [5, 5.41) is 5.59. The molecule has 1 aliphatic carbocycles. The van der Waals surface area contributed by atoms with Crippen LogP contribution in [0.2, 0.25) is 0 Å². The van der Waals surface area contributed by atoms with Crippen LogP contribution in [0.15, 0.2) is 53.8 Å². The van der Waals surface area contributed by atoms with Crippen LogP contribution in [0.25, 0.3) is 16.6 Å². The molecule has 0 bridgehead atoms. The maximum atomic E-state index is 13.1. The topological polar surface area (TPSA) is 166 Å². The highest BCUT2D eigenvalue weighted by Gasteiger charge is 2.44. The number of anilines is 2. The Morgan fingerprint density at radius 3 is 2.58 bits per heavy atom. The third kappa shape index (κ3) is 6.82. The van der Waals surface area contributed by atoms with Crippen molar-refractivity contribution in [3.05, 3.63) is 65.6 Å². The van der Waals surface area contributed by atoms with Crippen LogP contribution >= 0.6 is 0 Å². The van der Waals surface area contributed by atoms with Crippen molar-refractivity contribution in [2.24, 2.45) is 16.6 Å². The average molecular weight is 678 g/mol. The number of carbonyl (C=O) groups excluding carboxylic acids is 4. The highest BCUT2D eigenvalue weighted by atomic mass is 16.2. The van der Waals surface area contributed by atoms with Crippen molar-refractivity contribution in [3.8, 4) is 0 Å². The molecule has 3 aromatic rings. The summed E-state index contributed by atoms with van der Waals surface area (Å²) in [6.07, 6.45) is 9.38. The van der Waals surface area contributed by atoms with E-state index in [1.54, 1.807) is 30.6 Å². The van der Waals surface area contributed by atoms with Gasteiger partial charge in [-0.3, -0.25) is 39.4 Å². The summed E-state index contributed by atoms with van der Waals surface area (Å²) in [6, 6.07) is 10.6. The molecule has 2 saturated heterocycles.